The van der Waals surface area contributed by atoms with Gasteiger partial charge in [-0.05, 0) is 37.1 Å². The van der Waals surface area contributed by atoms with Crippen molar-refractivity contribution in [1.29, 1.82) is 0 Å². The third-order valence-electron chi connectivity index (χ3n) is 3.04. The lowest BCUT2D eigenvalue weighted by Gasteiger charge is -2.18. The van der Waals surface area contributed by atoms with Crippen LogP contribution in [-0.4, -0.2) is 37.5 Å². The smallest absolute Gasteiger partial charge is 0.338 e. The number of carbonyl (C=O) groups excluding carboxylic acids is 1. The van der Waals surface area contributed by atoms with Crippen molar-refractivity contribution >= 4 is 5.97 Å². The van der Waals surface area contributed by atoms with E-state index in [2.05, 4.69) is 16.6 Å². The molecule has 0 radical (unpaired) electrons. The molecule has 0 fully saturated rings. The van der Waals surface area contributed by atoms with E-state index in [4.69, 9.17) is 4.74 Å². The molecule has 4 heteroatoms. The van der Waals surface area contributed by atoms with Crippen LogP contribution in [-0.2, 0) is 9.47 Å². The van der Waals surface area contributed by atoms with Gasteiger partial charge in [-0.15, -0.1) is 0 Å². The molecule has 1 N–H and O–H groups in total. The quantitative estimate of drug-likeness (QED) is 0.674. The number of aliphatic hydroxyl groups is 1. The Morgan fingerprint density at radius 2 is 2.10 bits per heavy atom. The maximum absolute atomic E-state index is 11.5. The van der Waals surface area contributed by atoms with E-state index in [1.165, 1.54) is 14.2 Å². The first kappa shape index (κ1) is 16.2. The van der Waals surface area contributed by atoms with Gasteiger partial charge in [-0.3, -0.25) is 0 Å². The average molecular weight is 276 g/mol. The van der Waals surface area contributed by atoms with Crippen molar-refractivity contribution < 1.29 is 19.4 Å². The monoisotopic (exact) mass is 276 g/mol. The number of methoxy groups -OCH3 is 2. The highest BCUT2D eigenvalue weighted by Crippen LogP contribution is 2.13. The molecule has 0 saturated carbocycles. The zero-order chi connectivity index (χ0) is 15.2. The Bertz CT molecular complexity index is 539. The first-order chi connectivity index (χ1) is 9.45. The molecule has 0 aliphatic rings. The van der Waals surface area contributed by atoms with Crippen LogP contribution in [0.15, 0.2) is 18.2 Å². The Balaban J connectivity index is 3.01. The molecule has 0 spiro atoms. The van der Waals surface area contributed by atoms with Crippen LogP contribution < -0.4 is 0 Å². The average Bonchev–Trinajstić information content (AvgIpc) is 2.45. The zero-order valence-corrected chi connectivity index (χ0v) is 12.3. The number of aryl methyl sites for hydroxylation is 1. The number of ether oxygens (including phenoxy) is 2. The fourth-order valence-corrected chi connectivity index (χ4v) is 1.73. The van der Waals surface area contributed by atoms with Gasteiger partial charge in [-0.25, -0.2) is 4.79 Å². The van der Waals surface area contributed by atoms with Crippen molar-refractivity contribution in [2.45, 2.75) is 25.9 Å². The van der Waals surface area contributed by atoms with Crippen LogP contribution >= 0.6 is 0 Å². The third-order valence-corrected chi connectivity index (χ3v) is 3.04. The first-order valence-electron chi connectivity index (χ1n) is 6.39. The number of hydrogen-bond donors (Lipinski definition) is 1. The van der Waals surface area contributed by atoms with E-state index in [9.17, 15) is 9.90 Å². The predicted octanol–water partition coefficient (Wildman–Crippen LogP) is 1.92. The van der Waals surface area contributed by atoms with E-state index in [0.717, 1.165) is 11.1 Å². The number of esters is 1. The number of rotatable bonds is 4. The molecule has 1 aromatic rings. The van der Waals surface area contributed by atoms with Gasteiger partial charge in [-0.1, -0.05) is 18.8 Å². The summed E-state index contributed by atoms with van der Waals surface area (Å²) in [7, 11) is 2.87. The van der Waals surface area contributed by atoms with Gasteiger partial charge in [0, 0.05) is 12.7 Å². The summed E-state index contributed by atoms with van der Waals surface area (Å²) in [6.07, 6.45) is 0.479. The zero-order valence-electron chi connectivity index (χ0n) is 12.3. The second-order valence-electron chi connectivity index (χ2n) is 4.59. The minimum Gasteiger partial charge on any atom is -0.465 e. The van der Waals surface area contributed by atoms with Gasteiger partial charge in [0.15, 0.2) is 0 Å². The van der Waals surface area contributed by atoms with Gasteiger partial charge in [-0.2, -0.15) is 0 Å². The van der Waals surface area contributed by atoms with E-state index in [1.807, 2.05) is 13.8 Å². The Labute approximate surface area is 119 Å². The summed E-state index contributed by atoms with van der Waals surface area (Å²) in [4.78, 5) is 11.5. The number of carbonyl (C=O) groups is 1. The largest absolute Gasteiger partial charge is 0.465 e. The van der Waals surface area contributed by atoms with Gasteiger partial charge >= 0.3 is 5.97 Å². The Hall–Kier alpha value is -1.83. The summed E-state index contributed by atoms with van der Waals surface area (Å²) in [6, 6.07) is 5.20. The van der Waals surface area contributed by atoms with Crippen LogP contribution in [0.2, 0.25) is 0 Å². The molecule has 0 heterocycles. The van der Waals surface area contributed by atoms with Crippen LogP contribution in [0.25, 0.3) is 0 Å². The van der Waals surface area contributed by atoms with E-state index in [1.54, 1.807) is 18.2 Å². The van der Waals surface area contributed by atoms with Crippen molar-refractivity contribution in [2.24, 2.45) is 0 Å². The Morgan fingerprint density at radius 1 is 1.40 bits per heavy atom. The minimum atomic E-state index is -1.15. The van der Waals surface area contributed by atoms with E-state index >= 15 is 0 Å². The molecule has 1 unspecified atom stereocenters. The topological polar surface area (TPSA) is 55.8 Å². The summed E-state index contributed by atoms with van der Waals surface area (Å²) < 4.78 is 9.65. The highest BCUT2D eigenvalue weighted by atomic mass is 16.5. The normalized spacial score (nSPS) is 13.1. The molecule has 4 nitrogen and oxygen atoms in total. The Morgan fingerprint density at radius 3 is 2.60 bits per heavy atom. The maximum Gasteiger partial charge on any atom is 0.338 e. The van der Waals surface area contributed by atoms with Gasteiger partial charge < -0.3 is 14.6 Å². The fourth-order valence-electron chi connectivity index (χ4n) is 1.73. The molecule has 0 aromatic heterocycles. The standard InChI is InChI=1S/C16H20O4/c1-5-16(18,11-19-3)9-8-13-6-7-14(12(2)10-13)15(17)20-4/h6-7,10,18H,5,11H2,1-4H3. The highest BCUT2D eigenvalue weighted by Gasteiger charge is 2.21. The van der Waals surface area contributed by atoms with Crippen molar-refractivity contribution in [3.05, 3.63) is 34.9 Å². The van der Waals surface area contributed by atoms with Crippen molar-refractivity contribution in [3.63, 3.8) is 0 Å². The van der Waals surface area contributed by atoms with E-state index < -0.39 is 5.60 Å². The van der Waals surface area contributed by atoms with Crippen molar-refractivity contribution in [2.75, 3.05) is 20.8 Å². The second kappa shape index (κ2) is 7.09. The lowest BCUT2D eigenvalue weighted by atomic mass is 10.0. The van der Waals surface area contributed by atoms with E-state index in [-0.39, 0.29) is 12.6 Å². The van der Waals surface area contributed by atoms with Crippen LogP contribution in [0.4, 0.5) is 0 Å². The number of hydrogen-bond acceptors (Lipinski definition) is 4. The molecule has 0 aliphatic heterocycles. The lowest BCUT2D eigenvalue weighted by molar-refractivity contribution is 0.0111. The first-order valence-corrected chi connectivity index (χ1v) is 6.39. The summed E-state index contributed by atoms with van der Waals surface area (Å²) in [5.41, 5.74) is 0.887. The van der Waals surface area contributed by atoms with Gasteiger partial charge in [0.25, 0.3) is 0 Å². The summed E-state index contributed by atoms with van der Waals surface area (Å²) in [5.74, 6) is 5.36. The molecule has 20 heavy (non-hydrogen) atoms. The maximum atomic E-state index is 11.5. The minimum absolute atomic E-state index is 0.162. The molecule has 0 amide bonds. The molecular formula is C16H20O4. The molecule has 108 valence electrons. The van der Waals surface area contributed by atoms with Gasteiger partial charge in [0.05, 0.1) is 19.3 Å². The molecule has 0 aliphatic carbocycles. The third kappa shape index (κ3) is 4.09. The summed E-state index contributed by atoms with van der Waals surface area (Å²) in [6.45, 7) is 3.83. The molecule has 1 rings (SSSR count). The molecule has 0 saturated heterocycles. The second-order valence-corrected chi connectivity index (χ2v) is 4.59. The van der Waals surface area contributed by atoms with Crippen LogP contribution in [0, 0.1) is 18.8 Å². The number of benzene rings is 1. The molecule has 0 bridgehead atoms. The van der Waals surface area contributed by atoms with E-state index in [0.29, 0.717) is 12.0 Å². The summed E-state index contributed by atoms with van der Waals surface area (Å²) in [5, 5.41) is 10.2. The van der Waals surface area contributed by atoms with Crippen LogP contribution in [0.3, 0.4) is 0 Å². The van der Waals surface area contributed by atoms with Crippen LogP contribution in [0.1, 0.15) is 34.8 Å². The van der Waals surface area contributed by atoms with Crippen LogP contribution in [0.5, 0.6) is 0 Å². The SMILES string of the molecule is CCC(O)(C#Cc1ccc(C(=O)OC)c(C)c1)COC. The summed E-state index contributed by atoms with van der Waals surface area (Å²) >= 11 is 0. The Kier molecular flexibility index (Phi) is 5.75. The fraction of sp³-hybridized carbons (Fsp3) is 0.438. The lowest BCUT2D eigenvalue weighted by Crippen LogP contribution is -2.31. The molecular weight excluding hydrogens is 256 g/mol. The highest BCUT2D eigenvalue weighted by molar-refractivity contribution is 5.91. The van der Waals surface area contributed by atoms with Gasteiger partial charge in [0.1, 0.15) is 5.60 Å². The molecule has 1 atom stereocenters. The van der Waals surface area contributed by atoms with Gasteiger partial charge in [0.2, 0.25) is 0 Å². The predicted molar refractivity (Wildman–Crippen MR) is 76.5 cm³/mol. The van der Waals surface area contributed by atoms with Crippen molar-refractivity contribution in [3.8, 4) is 11.8 Å². The molecule has 1 aromatic carbocycles. The van der Waals surface area contributed by atoms with Crippen molar-refractivity contribution in [1.82, 2.24) is 0 Å².